The van der Waals surface area contributed by atoms with Gasteiger partial charge in [0.1, 0.15) is 18.7 Å². The number of nitrogens with one attached hydrogen (secondary N) is 2. The maximum atomic E-state index is 13.8. The number of carbonyl (C=O) groups excluding carboxylic acids is 6. The van der Waals surface area contributed by atoms with Crippen LogP contribution in [0.1, 0.15) is 92.7 Å². The largest absolute Gasteiger partial charge is 0.481 e. The van der Waals surface area contributed by atoms with E-state index >= 15 is 0 Å². The van der Waals surface area contributed by atoms with E-state index in [9.17, 15) is 33.6 Å². The number of imidazole rings is 1. The van der Waals surface area contributed by atoms with Crippen LogP contribution in [-0.4, -0.2) is 125 Å². The summed E-state index contributed by atoms with van der Waals surface area (Å²) in [5, 5.41) is 13.4. The number of likely N-dealkylation sites (tertiary alicyclic amines) is 1. The lowest BCUT2D eigenvalue weighted by molar-refractivity contribution is -0.149. The number of rotatable bonds is 23. The highest BCUT2D eigenvalue weighted by atomic mass is 16.5. The van der Waals surface area contributed by atoms with Gasteiger partial charge in [0.05, 0.1) is 54.7 Å². The molecule has 7 rings (SSSR count). The fraction of sp³-hybridized carbons (Fsp3) is 0.500. The van der Waals surface area contributed by atoms with Crippen LogP contribution in [0.3, 0.4) is 0 Å². The number of carboxylic acid groups (broad SMARTS) is 1. The molecule has 0 aliphatic carbocycles. The Bertz CT molecular complexity index is 2660. The molecule has 4 heterocycles. The van der Waals surface area contributed by atoms with Crippen LogP contribution < -0.4 is 32.7 Å². The van der Waals surface area contributed by atoms with E-state index in [-0.39, 0.29) is 74.3 Å². The fourth-order valence-corrected chi connectivity index (χ4v) is 9.35. The topological polar surface area (TPSA) is 277 Å². The molecule has 1 saturated heterocycles. The number of carboxylic acids is 1. The summed E-state index contributed by atoms with van der Waals surface area (Å²) in [6.45, 7) is 4.75. The van der Waals surface area contributed by atoms with Crippen LogP contribution >= 0.6 is 0 Å². The Labute approximate surface area is 418 Å². The van der Waals surface area contributed by atoms with Gasteiger partial charge in [-0.1, -0.05) is 48.5 Å². The molecule has 6 amide bonds. The molecule has 1 unspecified atom stereocenters. The molecule has 1 aromatic heterocycles. The number of likely N-dealkylation sites (N-methyl/N-ethyl adjacent to an activating group) is 1. The van der Waals surface area contributed by atoms with Gasteiger partial charge in [-0.25, -0.2) is 4.79 Å². The lowest BCUT2D eigenvalue weighted by Crippen LogP contribution is -2.55. The minimum Gasteiger partial charge on any atom is -0.481 e. The molecule has 20 heteroatoms. The van der Waals surface area contributed by atoms with E-state index < -0.39 is 42.1 Å². The number of ether oxygens (including phenoxy) is 3. The van der Waals surface area contributed by atoms with Crippen molar-refractivity contribution in [1.29, 1.82) is 0 Å². The van der Waals surface area contributed by atoms with Crippen molar-refractivity contribution in [1.82, 2.24) is 24.7 Å². The zero-order valence-corrected chi connectivity index (χ0v) is 41.6. The number of nitrogens with two attached hydrogens (primary N) is 2. The molecule has 3 aliphatic rings. The number of para-hydroxylation sites is 1. The molecule has 7 N–H and O–H groups in total. The van der Waals surface area contributed by atoms with Crippen molar-refractivity contribution in [3.63, 3.8) is 0 Å². The van der Waals surface area contributed by atoms with E-state index in [1.54, 1.807) is 11.9 Å². The number of primary amides is 1. The van der Waals surface area contributed by atoms with Gasteiger partial charge in [-0.3, -0.25) is 52.5 Å². The molecule has 20 nitrogen and oxygen atoms in total. The Hall–Kier alpha value is -6.74. The third kappa shape index (κ3) is 14.0. The van der Waals surface area contributed by atoms with E-state index in [2.05, 4.69) is 10.6 Å². The monoisotopic (exact) mass is 996 g/mol. The Balaban J connectivity index is 0.00000204. The molecule has 3 aromatic carbocycles. The molecule has 0 bridgehead atoms. The van der Waals surface area contributed by atoms with Crippen LogP contribution in [0, 0.1) is 0 Å². The van der Waals surface area contributed by atoms with E-state index in [1.165, 1.54) is 16.2 Å². The lowest BCUT2D eigenvalue weighted by Gasteiger charge is -2.30. The van der Waals surface area contributed by atoms with Crippen molar-refractivity contribution in [3.05, 3.63) is 99.0 Å². The molecular formula is C52H68N8O12. The number of benzene rings is 3. The summed E-state index contributed by atoms with van der Waals surface area (Å²) in [7, 11) is 3.13. The average molecular weight is 997 g/mol. The molecular weight excluding hydrogens is 929 g/mol. The Kier molecular flexibility index (Phi) is 19.4. The van der Waals surface area contributed by atoms with Crippen LogP contribution in [-0.2, 0) is 87.1 Å². The summed E-state index contributed by atoms with van der Waals surface area (Å²) in [5.74, 6) is -2.73. The van der Waals surface area contributed by atoms with Gasteiger partial charge >= 0.3 is 5.69 Å². The number of fused-ring (bicyclic) bond motifs is 1. The third-order valence-corrected chi connectivity index (χ3v) is 13.3. The number of aryl methyl sites for hydroxylation is 4. The predicted octanol–water partition coefficient (Wildman–Crippen LogP) is 2.35. The molecule has 5 atom stereocenters. The number of hydrogen-bond donors (Lipinski definition) is 5. The smallest absolute Gasteiger partial charge is 0.329 e. The van der Waals surface area contributed by atoms with Crippen LogP contribution in [0.15, 0.2) is 65.5 Å². The molecule has 388 valence electrons. The van der Waals surface area contributed by atoms with Crippen molar-refractivity contribution < 1.29 is 52.9 Å². The Morgan fingerprint density at radius 2 is 1.51 bits per heavy atom. The summed E-state index contributed by atoms with van der Waals surface area (Å²) < 4.78 is 20.5. The summed E-state index contributed by atoms with van der Waals surface area (Å²) in [6, 6.07) is 16.9. The van der Waals surface area contributed by atoms with Gasteiger partial charge in [-0.05, 0) is 98.2 Å². The number of aliphatic carboxylic acids is 1. The number of hydrogen-bond acceptors (Lipinski definition) is 12. The summed E-state index contributed by atoms with van der Waals surface area (Å²) in [4.78, 5) is 101. The first-order valence-electron chi connectivity index (χ1n) is 24.5. The fourth-order valence-electron chi connectivity index (χ4n) is 9.35. The Morgan fingerprint density at radius 3 is 2.25 bits per heavy atom. The predicted molar refractivity (Wildman–Crippen MR) is 267 cm³/mol. The zero-order valence-electron chi connectivity index (χ0n) is 41.6. The van der Waals surface area contributed by atoms with Gasteiger partial charge in [0.2, 0.25) is 29.5 Å². The van der Waals surface area contributed by atoms with Crippen molar-refractivity contribution >= 4 is 58.1 Å². The first-order valence-corrected chi connectivity index (χ1v) is 24.5. The van der Waals surface area contributed by atoms with Gasteiger partial charge in [0, 0.05) is 53.4 Å². The van der Waals surface area contributed by atoms with Crippen molar-refractivity contribution in [2.75, 3.05) is 44.9 Å². The minimum absolute atomic E-state index is 0.0579. The third-order valence-electron chi connectivity index (χ3n) is 13.3. The van der Waals surface area contributed by atoms with Crippen LogP contribution in [0.4, 0.5) is 5.69 Å². The maximum Gasteiger partial charge on any atom is 0.329 e. The standard InChI is InChI=1S/C50H64N8O10.C2H4O2/c1-31(38(18-21-43(52)59)54-47(62)42-28-36-10-4-9-35-16-17-37(51)48(63)58(42)46(35)36)68-29-34-13-11-32(12-14-34)7-5-23-53-44(60)30-67-26-25-66-24-6-8-33-15-19-39-41(27-33)55(2)50(65)57(39)40-20-22-45(61)56(3)49(40)64;1-2(3)4/h4,9-15,19,27,31,37-38,40,42H,5-8,16-18,20-26,28-30,51H2,1-3H3,(H2,52,59)(H,53,60)(H,54,62);1H3,(H,3,4)/t31-,37+,38+,40?,42+;/m1./s1. The number of aromatic nitrogens is 2. The Morgan fingerprint density at radius 1 is 0.833 bits per heavy atom. The highest BCUT2D eigenvalue weighted by molar-refractivity contribution is 6.07. The maximum absolute atomic E-state index is 13.8. The number of imide groups is 1. The van der Waals surface area contributed by atoms with Crippen LogP contribution in [0.2, 0.25) is 0 Å². The highest BCUT2D eigenvalue weighted by Crippen LogP contribution is 2.39. The van der Waals surface area contributed by atoms with Gasteiger partial charge in [0.15, 0.2) is 0 Å². The van der Waals surface area contributed by atoms with Gasteiger partial charge in [-0.2, -0.15) is 0 Å². The van der Waals surface area contributed by atoms with Crippen molar-refractivity contribution in [3.8, 4) is 0 Å². The quantitative estimate of drug-likeness (QED) is 0.0528. The van der Waals surface area contributed by atoms with Gasteiger partial charge < -0.3 is 41.4 Å². The van der Waals surface area contributed by atoms with Crippen LogP contribution in [0.5, 0.6) is 0 Å². The first kappa shape index (κ1) is 54.6. The number of piperidine rings is 1. The van der Waals surface area contributed by atoms with Gasteiger partial charge in [-0.15, -0.1) is 0 Å². The molecule has 4 aromatic rings. The first-order chi connectivity index (χ1) is 34.4. The second-order valence-corrected chi connectivity index (χ2v) is 18.6. The lowest BCUT2D eigenvalue weighted by atomic mass is 10.0. The summed E-state index contributed by atoms with van der Waals surface area (Å²) in [6.07, 6.45) is 4.87. The van der Waals surface area contributed by atoms with Crippen LogP contribution in [0.25, 0.3) is 11.0 Å². The molecule has 72 heavy (non-hydrogen) atoms. The average Bonchev–Trinajstić information content (AvgIpc) is 3.82. The van der Waals surface area contributed by atoms with Crippen molar-refractivity contribution in [2.45, 2.75) is 121 Å². The van der Waals surface area contributed by atoms with Crippen molar-refractivity contribution in [2.24, 2.45) is 18.5 Å². The molecule has 0 spiro atoms. The number of carbonyl (C=O) groups is 7. The summed E-state index contributed by atoms with van der Waals surface area (Å²) in [5.41, 5.74) is 18.6. The van der Waals surface area contributed by atoms with E-state index in [1.807, 2.05) is 67.6 Å². The molecule has 0 radical (unpaired) electrons. The number of nitrogens with zero attached hydrogens (tertiary/aromatic N) is 4. The molecule has 0 saturated carbocycles. The highest BCUT2D eigenvalue weighted by Gasteiger charge is 2.43. The van der Waals surface area contributed by atoms with Gasteiger partial charge in [0.25, 0.3) is 11.9 Å². The minimum atomic E-state index is -0.833. The summed E-state index contributed by atoms with van der Waals surface area (Å²) >= 11 is 0. The molecule has 3 aliphatic heterocycles. The van der Waals surface area contributed by atoms with E-state index in [4.69, 9.17) is 35.6 Å². The van der Waals surface area contributed by atoms with E-state index in [0.29, 0.717) is 51.0 Å². The zero-order chi connectivity index (χ0) is 52.1. The molecule has 1 fully saturated rings. The van der Waals surface area contributed by atoms with E-state index in [0.717, 1.165) is 76.5 Å². The number of amides is 6. The second-order valence-electron chi connectivity index (χ2n) is 18.6. The SMILES string of the molecule is CC(=O)O.C[C@@H](OCc1ccc(CCCNC(=O)COCCOCCCc2ccc3c(c2)n(C)c(=O)n3C2CCC(=O)N(C)C2=O)cc1)[C@H](CCC(N)=O)NC(=O)[C@@H]1Cc2cccc3c2N1C(=O)[C@@H](N)CC3. The second kappa shape index (κ2) is 25.6. The number of anilines is 1. The normalized spacial score (nSPS) is 18.2.